The van der Waals surface area contributed by atoms with E-state index in [-0.39, 0.29) is 11.9 Å². The van der Waals surface area contributed by atoms with E-state index >= 15 is 0 Å². The summed E-state index contributed by atoms with van der Waals surface area (Å²) in [7, 11) is 1.55. The van der Waals surface area contributed by atoms with Crippen LogP contribution in [0.2, 0.25) is 0 Å². The van der Waals surface area contributed by atoms with Crippen LogP contribution in [0, 0.1) is 5.82 Å². The predicted molar refractivity (Wildman–Crippen MR) is 130 cm³/mol. The number of nitrogens with one attached hydrogen (secondary N) is 2. The number of fused-ring (bicyclic) bond motifs is 2. The molecule has 2 aliphatic rings. The smallest absolute Gasteiger partial charge is 0.127 e. The van der Waals surface area contributed by atoms with Crippen LogP contribution in [0.1, 0.15) is 6.42 Å². The molecule has 0 radical (unpaired) electrons. The SMILES string of the molecule is COc1cc(F)cc(-c2cncc(-c3ccc4cn[nH]c4c3)c2N2CCC3NCCOC3C2)c1. The maximum Gasteiger partial charge on any atom is 0.127 e. The lowest BCUT2D eigenvalue weighted by atomic mass is 9.94. The highest BCUT2D eigenvalue weighted by Gasteiger charge is 2.34. The minimum Gasteiger partial charge on any atom is -0.497 e. The van der Waals surface area contributed by atoms with E-state index in [0.717, 1.165) is 64.9 Å². The molecule has 2 aromatic heterocycles. The molecule has 8 heteroatoms. The number of pyridine rings is 1. The molecule has 34 heavy (non-hydrogen) atoms. The Labute approximate surface area is 196 Å². The minimum atomic E-state index is -0.344. The second-order valence-corrected chi connectivity index (χ2v) is 8.84. The summed E-state index contributed by atoms with van der Waals surface area (Å²) in [5.41, 5.74) is 5.58. The molecule has 0 spiro atoms. The molecular formula is C26H26FN5O2. The van der Waals surface area contributed by atoms with Crippen molar-refractivity contribution in [3.63, 3.8) is 0 Å². The normalized spacial score (nSPS) is 20.4. The summed E-state index contributed by atoms with van der Waals surface area (Å²) in [4.78, 5) is 6.92. The molecule has 7 nitrogen and oxygen atoms in total. The van der Waals surface area contributed by atoms with Gasteiger partial charge >= 0.3 is 0 Å². The molecule has 0 amide bonds. The number of aromatic nitrogens is 3. The van der Waals surface area contributed by atoms with Gasteiger partial charge in [-0.15, -0.1) is 0 Å². The Bertz CT molecular complexity index is 1340. The second kappa shape index (κ2) is 8.70. The molecule has 2 unspecified atom stereocenters. The summed E-state index contributed by atoms with van der Waals surface area (Å²) in [5, 5.41) is 11.8. The Hall–Kier alpha value is -3.49. The molecule has 6 rings (SSSR count). The van der Waals surface area contributed by atoms with E-state index in [1.807, 2.05) is 24.7 Å². The van der Waals surface area contributed by atoms with E-state index < -0.39 is 0 Å². The van der Waals surface area contributed by atoms with Crippen molar-refractivity contribution in [3.8, 4) is 28.0 Å². The summed E-state index contributed by atoms with van der Waals surface area (Å²) in [5.74, 6) is 0.131. The lowest BCUT2D eigenvalue weighted by Crippen LogP contribution is -2.57. The number of hydrogen-bond acceptors (Lipinski definition) is 6. The first-order valence-electron chi connectivity index (χ1n) is 11.6. The number of hydrogen-bond donors (Lipinski definition) is 2. The maximum absolute atomic E-state index is 14.5. The number of nitrogens with zero attached hydrogens (tertiary/aromatic N) is 3. The van der Waals surface area contributed by atoms with Gasteiger partial charge in [-0.05, 0) is 35.7 Å². The number of rotatable bonds is 4. The zero-order chi connectivity index (χ0) is 23.1. The number of anilines is 1. The molecule has 2 atom stereocenters. The Balaban J connectivity index is 1.51. The number of H-pyrrole nitrogens is 1. The highest BCUT2D eigenvalue weighted by molar-refractivity contribution is 5.93. The van der Waals surface area contributed by atoms with Crippen LogP contribution >= 0.6 is 0 Å². The van der Waals surface area contributed by atoms with E-state index in [1.54, 1.807) is 7.11 Å². The van der Waals surface area contributed by atoms with E-state index in [2.05, 4.69) is 43.6 Å². The molecule has 174 valence electrons. The van der Waals surface area contributed by atoms with Gasteiger partial charge in [0.2, 0.25) is 0 Å². The number of aromatic amines is 1. The van der Waals surface area contributed by atoms with Crippen molar-refractivity contribution in [2.24, 2.45) is 0 Å². The molecule has 4 heterocycles. The highest BCUT2D eigenvalue weighted by Crippen LogP contribution is 2.42. The van der Waals surface area contributed by atoms with Crippen molar-refractivity contribution in [2.75, 3.05) is 38.3 Å². The predicted octanol–water partition coefficient (Wildman–Crippen LogP) is 4.01. The van der Waals surface area contributed by atoms with Crippen molar-refractivity contribution < 1.29 is 13.9 Å². The van der Waals surface area contributed by atoms with Gasteiger partial charge in [-0.2, -0.15) is 5.10 Å². The number of methoxy groups -OCH3 is 1. The molecule has 0 saturated carbocycles. The molecule has 4 aromatic rings. The Morgan fingerprint density at radius 3 is 2.85 bits per heavy atom. The summed E-state index contributed by atoms with van der Waals surface area (Å²) >= 11 is 0. The van der Waals surface area contributed by atoms with Crippen molar-refractivity contribution in [1.82, 2.24) is 20.5 Å². The second-order valence-electron chi connectivity index (χ2n) is 8.84. The van der Waals surface area contributed by atoms with E-state index in [4.69, 9.17) is 9.47 Å². The van der Waals surface area contributed by atoms with Crippen LogP contribution < -0.4 is 15.0 Å². The van der Waals surface area contributed by atoms with Crippen LogP contribution in [-0.4, -0.2) is 60.7 Å². The monoisotopic (exact) mass is 459 g/mol. The molecular weight excluding hydrogens is 433 g/mol. The van der Waals surface area contributed by atoms with Crippen molar-refractivity contribution in [2.45, 2.75) is 18.6 Å². The van der Waals surface area contributed by atoms with Crippen LogP contribution in [0.4, 0.5) is 10.1 Å². The standard InChI is InChI=1S/C26H26FN5O2/c1-33-20-9-18(8-19(27)11-20)22-14-28-13-21(16-2-3-17-12-30-31-24(17)10-16)26(22)32-6-4-23-25(15-32)34-7-5-29-23/h2-3,8-14,23,25,29H,4-7,15H2,1H3,(H,30,31). The quantitative estimate of drug-likeness (QED) is 0.480. The third-order valence-corrected chi connectivity index (χ3v) is 6.80. The number of benzene rings is 2. The largest absolute Gasteiger partial charge is 0.497 e. The van der Waals surface area contributed by atoms with Gasteiger partial charge in [-0.1, -0.05) is 12.1 Å². The first-order valence-corrected chi connectivity index (χ1v) is 11.6. The third kappa shape index (κ3) is 3.78. The van der Waals surface area contributed by atoms with Crippen LogP contribution in [0.25, 0.3) is 33.2 Å². The highest BCUT2D eigenvalue weighted by atomic mass is 19.1. The zero-order valence-corrected chi connectivity index (χ0v) is 18.9. The fraction of sp³-hybridized carbons (Fsp3) is 0.308. The lowest BCUT2D eigenvalue weighted by Gasteiger charge is -2.43. The topological polar surface area (TPSA) is 75.3 Å². The van der Waals surface area contributed by atoms with Crippen LogP contribution in [-0.2, 0) is 4.74 Å². The first-order chi connectivity index (χ1) is 16.7. The molecule has 2 fully saturated rings. The van der Waals surface area contributed by atoms with Crippen LogP contribution in [0.15, 0.2) is 55.0 Å². The summed E-state index contributed by atoms with van der Waals surface area (Å²) in [6.07, 6.45) is 6.59. The number of piperidine rings is 1. The number of halogens is 1. The lowest BCUT2D eigenvalue weighted by molar-refractivity contribution is -0.00899. The third-order valence-electron chi connectivity index (χ3n) is 6.80. The Morgan fingerprint density at radius 1 is 1.09 bits per heavy atom. The summed E-state index contributed by atoms with van der Waals surface area (Å²) in [6.45, 7) is 3.21. The molecule has 0 aliphatic carbocycles. The fourth-order valence-corrected chi connectivity index (χ4v) is 5.13. The van der Waals surface area contributed by atoms with Crippen molar-refractivity contribution >= 4 is 16.6 Å². The molecule has 2 aliphatic heterocycles. The van der Waals surface area contributed by atoms with Gasteiger partial charge in [0.15, 0.2) is 0 Å². The zero-order valence-electron chi connectivity index (χ0n) is 18.9. The summed E-state index contributed by atoms with van der Waals surface area (Å²) < 4.78 is 26.0. The van der Waals surface area contributed by atoms with E-state index in [0.29, 0.717) is 18.4 Å². The van der Waals surface area contributed by atoms with Gasteiger partial charge in [-0.3, -0.25) is 10.1 Å². The fourth-order valence-electron chi connectivity index (χ4n) is 5.13. The first kappa shape index (κ1) is 21.1. The van der Waals surface area contributed by atoms with E-state index in [9.17, 15) is 4.39 Å². The minimum absolute atomic E-state index is 0.105. The van der Waals surface area contributed by atoms with Gasteiger partial charge in [-0.25, -0.2) is 4.39 Å². The van der Waals surface area contributed by atoms with Gasteiger partial charge in [0.1, 0.15) is 11.6 Å². The van der Waals surface area contributed by atoms with Crippen LogP contribution in [0.3, 0.4) is 0 Å². The molecule has 2 aromatic carbocycles. The molecule has 0 bridgehead atoms. The molecule has 2 N–H and O–H groups in total. The van der Waals surface area contributed by atoms with Gasteiger partial charge in [0.05, 0.1) is 37.2 Å². The van der Waals surface area contributed by atoms with Crippen molar-refractivity contribution in [3.05, 3.63) is 60.8 Å². The Kier molecular flexibility index (Phi) is 5.39. The van der Waals surface area contributed by atoms with Gasteiger partial charge in [0, 0.05) is 60.6 Å². The summed E-state index contributed by atoms with van der Waals surface area (Å²) in [6, 6.07) is 11.4. The average molecular weight is 460 g/mol. The van der Waals surface area contributed by atoms with Crippen LogP contribution in [0.5, 0.6) is 5.75 Å². The van der Waals surface area contributed by atoms with Gasteiger partial charge in [0.25, 0.3) is 0 Å². The maximum atomic E-state index is 14.5. The van der Waals surface area contributed by atoms with Crippen molar-refractivity contribution in [1.29, 1.82) is 0 Å². The Morgan fingerprint density at radius 2 is 1.97 bits per heavy atom. The number of morpholine rings is 1. The van der Waals surface area contributed by atoms with Gasteiger partial charge < -0.3 is 19.7 Å². The molecule has 2 saturated heterocycles. The average Bonchev–Trinajstić information content (AvgIpc) is 3.35. The number of ether oxygens (including phenoxy) is 2. The van der Waals surface area contributed by atoms with E-state index in [1.165, 1.54) is 12.1 Å².